The molecule has 1 aliphatic carbocycles. The molecule has 3 atom stereocenters. The maximum Gasteiger partial charge on any atom is 0.0747 e. The van der Waals surface area contributed by atoms with Crippen LogP contribution < -0.4 is 0 Å². The zero-order valence-electron chi connectivity index (χ0n) is 10.4. The van der Waals surface area contributed by atoms with Gasteiger partial charge in [0.15, 0.2) is 0 Å². The molecule has 1 aliphatic rings. The molecular weight excluding hydrogens is 201 g/mol. The lowest BCUT2D eigenvalue weighted by Crippen LogP contribution is -2.39. The van der Waals surface area contributed by atoms with E-state index in [2.05, 4.69) is 25.8 Å². The average Bonchev–Trinajstić information content (AvgIpc) is 2.21. The minimum absolute atomic E-state index is 0.0182. The first kappa shape index (κ1) is 13.0. The standard InChI is InChI=1S/C12H22BNS/c1-9-8-12(3,13)7-5-6-11(9)14(4)10(2)15/h9,11H,5-8H2,1-4H3. The summed E-state index contributed by atoms with van der Waals surface area (Å²) in [5.74, 6) is 0.630. The first-order valence-corrected chi connectivity index (χ1v) is 6.26. The molecule has 0 N–H and O–H groups in total. The molecule has 0 amide bonds. The molecule has 1 nitrogen and oxygen atoms in total. The Bertz CT molecular complexity index is 240. The van der Waals surface area contributed by atoms with Crippen molar-refractivity contribution in [2.24, 2.45) is 5.92 Å². The summed E-state index contributed by atoms with van der Waals surface area (Å²) < 4.78 is 0. The molecule has 1 saturated carbocycles. The highest BCUT2D eigenvalue weighted by Gasteiger charge is 2.31. The van der Waals surface area contributed by atoms with E-state index in [1.807, 2.05) is 6.92 Å². The largest absolute Gasteiger partial charge is 0.366 e. The number of hydrogen-bond donors (Lipinski definition) is 0. The van der Waals surface area contributed by atoms with E-state index in [0.717, 1.165) is 17.8 Å². The summed E-state index contributed by atoms with van der Waals surface area (Å²) in [5.41, 5.74) is 0. The summed E-state index contributed by atoms with van der Waals surface area (Å²) in [6.07, 6.45) is 4.68. The van der Waals surface area contributed by atoms with Crippen molar-refractivity contribution in [3.8, 4) is 0 Å². The number of rotatable bonds is 1. The van der Waals surface area contributed by atoms with Gasteiger partial charge in [0.05, 0.1) is 12.8 Å². The molecule has 0 heterocycles. The van der Waals surface area contributed by atoms with Crippen molar-refractivity contribution in [3.05, 3.63) is 0 Å². The van der Waals surface area contributed by atoms with Crippen molar-refractivity contribution < 1.29 is 0 Å². The predicted molar refractivity (Wildman–Crippen MR) is 71.6 cm³/mol. The summed E-state index contributed by atoms with van der Waals surface area (Å²) >= 11 is 5.25. The second-order valence-corrected chi connectivity index (χ2v) is 6.02. The van der Waals surface area contributed by atoms with Crippen LogP contribution in [0.3, 0.4) is 0 Å². The molecular formula is C12H22BNS. The third-order valence-electron chi connectivity index (χ3n) is 3.69. The summed E-state index contributed by atoms with van der Waals surface area (Å²) in [4.78, 5) is 3.24. The van der Waals surface area contributed by atoms with Gasteiger partial charge in [0.25, 0.3) is 0 Å². The van der Waals surface area contributed by atoms with E-state index >= 15 is 0 Å². The second-order valence-electron chi connectivity index (χ2n) is 5.42. The Morgan fingerprint density at radius 3 is 2.67 bits per heavy atom. The fourth-order valence-corrected chi connectivity index (χ4v) is 2.92. The Hall–Kier alpha value is -0.0451. The van der Waals surface area contributed by atoms with Crippen LogP contribution in [0.25, 0.3) is 0 Å². The first-order valence-electron chi connectivity index (χ1n) is 5.86. The third kappa shape index (κ3) is 3.48. The van der Waals surface area contributed by atoms with Crippen molar-refractivity contribution in [2.45, 2.75) is 57.8 Å². The molecule has 1 fully saturated rings. The highest BCUT2D eigenvalue weighted by Crippen LogP contribution is 2.41. The highest BCUT2D eigenvalue weighted by atomic mass is 32.1. The molecule has 0 aromatic carbocycles. The Balaban J connectivity index is 2.71. The minimum Gasteiger partial charge on any atom is -0.366 e. The van der Waals surface area contributed by atoms with Crippen LogP contribution in [0.15, 0.2) is 0 Å². The summed E-state index contributed by atoms with van der Waals surface area (Å²) in [5, 5.41) is 0.0182. The van der Waals surface area contributed by atoms with Gasteiger partial charge in [0, 0.05) is 13.1 Å². The van der Waals surface area contributed by atoms with Crippen molar-refractivity contribution >= 4 is 25.1 Å². The van der Waals surface area contributed by atoms with Crippen molar-refractivity contribution in [2.75, 3.05) is 7.05 Å². The molecule has 0 saturated heterocycles. The van der Waals surface area contributed by atoms with Crippen LogP contribution in [0.4, 0.5) is 0 Å². The van der Waals surface area contributed by atoms with Crippen molar-refractivity contribution in [1.82, 2.24) is 4.90 Å². The fraction of sp³-hybridized carbons (Fsp3) is 0.917. The van der Waals surface area contributed by atoms with E-state index in [9.17, 15) is 0 Å². The van der Waals surface area contributed by atoms with Crippen LogP contribution >= 0.6 is 12.2 Å². The van der Waals surface area contributed by atoms with E-state index in [0.29, 0.717) is 12.0 Å². The lowest BCUT2D eigenvalue weighted by molar-refractivity contribution is 0.254. The molecule has 15 heavy (non-hydrogen) atoms. The second kappa shape index (κ2) is 4.86. The topological polar surface area (TPSA) is 3.24 Å². The van der Waals surface area contributed by atoms with Crippen LogP contribution in [0.1, 0.15) is 46.5 Å². The molecule has 3 heteroatoms. The van der Waals surface area contributed by atoms with E-state index < -0.39 is 0 Å². The third-order valence-corrected chi connectivity index (χ3v) is 3.98. The van der Waals surface area contributed by atoms with Crippen LogP contribution in [0, 0.1) is 5.92 Å². The van der Waals surface area contributed by atoms with Gasteiger partial charge in [-0.1, -0.05) is 50.6 Å². The van der Waals surface area contributed by atoms with E-state index in [4.69, 9.17) is 20.1 Å². The minimum atomic E-state index is 0.0182. The van der Waals surface area contributed by atoms with E-state index in [1.165, 1.54) is 12.8 Å². The van der Waals surface area contributed by atoms with Gasteiger partial charge in [-0.25, -0.2) is 0 Å². The van der Waals surface area contributed by atoms with Crippen LogP contribution in [0.2, 0.25) is 5.31 Å². The first-order chi connectivity index (χ1) is 6.83. The van der Waals surface area contributed by atoms with Gasteiger partial charge in [-0.2, -0.15) is 0 Å². The normalized spacial score (nSPS) is 37.1. The van der Waals surface area contributed by atoms with Gasteiger partial charge in [-0.05, 0) is 19.3 Å². The van der Waals surface area contributed by atoms with Crippen LogP contribution in [-0.4, -0.2) is 30.8 Å². The maximum atomic E-state index is 6.26. The molecule has 0 aliphatic heterocycles. The quantitative estimate of drug-likeness (QED) is 0.381. The lowest BCUT2D eigenvalue weighted by atomic mass is 9.64. The fourth-order valence-electron chi connectivity index (χ4n) is 2.78. The molecule has 0 aromatic rings. The molecule has 1 rings (SSSR count). The Labute approximate surface area is 101 Å². The van der Waals surface area contributed by atoms with E-state index in [-0.39, 0.29) is 5.31 Å². The summed E-state index contributed by atoms with van der Waals surface area (Å²) in [7, 11) is 8.37. The van der Waals surface area contributed by atoms with Crippen molar-refractivity contribution in [1.29, 1.82) is 0 Å². The molecule has 0 bridgehead atoms. The monoisotopic (exact) mass is 223 g/mol. The van der Waals surface area contributed by atoms with Crippen LogP contribution in [-0.2, 0) is 0 Å². The van der Waals surface area contributed by atoms with E-state index in [1.54, 1.807) is 0 Å². The number of nitrogens with zero attached hydrogens (tertiary/aromatic N) is 1. The molecule has 0 spiro atoms. The predicted octanol–water partition coefficient (Wildman–Crippen LogP) is 3.19. The maximum absolute atomic E-state index is 6.26. The smallest absolute Gasteiger partial charge is 0.0747 e. The average molecular weight is 223 g/mol. The van der Waals surface area contributed by atoms with Gasteiger partial charge < -0.3 is 4.90 Å². The SMILES string of the molecule is [B]C1(C)CCCC(N(C)C(C)=S)C(C)C1. The number of hydrogen-bond acceptors (Lipinski definition) is 1. The summed E-state index contributed by atoms with van der Waals surface area (Å²) in [6.45, 7) is 6.49. The van der Waals surface area contributed by atoms with Crippen LogP contribution in [0.5, 0.6) is 0 Å². The Morgan fingerprint density at radius 2 is 2.13 bits per heavy atom. The van der Waals surface area contributed by atoms with Gasteiger partial charge in [0.1, 0.15) is 0 Å². The summed E-state index contributed by atoms with van der Waals surface area (Å²) in [6, 6.07) is 0.577. The van der Waals surface area contributed by atoms with Gasteiger partial charge in [0.2, 0.25) is 0 Å². The molecule has 2 radical (unpaired) electrons. The van der Waals surface area contributed by atoms with Crippen molar-refractivity contribution in [3.63, 3.8) is 0 Å². The van der Waals surface area contributed by atoms with Gasteiger partial charge >= 0.3 is 0 Å². The zero-order chi connectivity index (χ0) is 11.6. The Kier molecular flexibility index (Phi) is 4.22. The highest BCUT2D eigenvalue weighted by molar-refractivity contribution is 7.80. The number of thiocarbonyl (C=S) groups is 1. The molecule has 3 unspecified atom stereocenters. The molecule has 84 valence electrons. The Morgan fingerprint density at radius 1 is 1.53 bits per heavy atom. The van der Waals surface area contributed by atoms with Gasteiger partial charge in [-0.15, -0.1) is 0 Å². The zero-order valence-corrected chi connectivity index (χ0v) is 11.2. The van der Waals surface area contributed by atoms with Gasteiger partial charge in [-0.3, -0.25) is 0 Å². The lowest BCUT2D eigenvalue weighted by Gasteiger charge is -2.34. The molecule has 0 aromatic heterocycles.